The lowest BCUT2D eigenvalue weighted by molar-refractivity contribution is -0.117. The fraction of sp³-hybridized carbons (Fsp3) is 0.188. The van der Waals surface area contributed by atoms with Crippen molar-refractivity contribution in [3.63, 3.8) is 0 Å². The lowest BCUT2D eigenvalue weighted by Gasteiger charge is -2.11. The normalized spacial score (nSPS) is 11.1. The number of hydrogen-bond acceptors (Lipinski definition) is 3. The van der Waals surface area contributed by atoms with Gasteiger partial charge in [0.2, 0.25) is 0 Å². The van der Waals surface area contributed by atoms with Gasteiger partial charge in [-0.3, -0.25) is 4.79 Å². The molecule has 0 spiro atoms. The zero-order valence-electron chi connectivity index (χ0n) is 21.3. The van der Waals surface area contributed by atoms with E-state index in [-0.39, 0.29) is 11.5 Å². The van der Waals surface area contributed by atoms with E-state index in [4.69, 9.17) is 4.74 Å². The average molecular weight is 490 g/mol. The van der Waals surface area contributed by atoms with Gasteiger partial charge in [-0.05, 0) is 79.8 Å². The van der Waals surface area contributed by atoms with Gasteiger partial charge in [0.05, 0.1) is 0 Å². The van der Waals surface area contributed by atoms with E-state index in [1.54, 1.807) is 6.08 Å². The fourth-order valence-electron chi connectivity index (χ4n) is 4.30. The molecular weight excluding hydrogens is 458 g/mol. The number of amides is 1. The second-order valence-electron chi connectivity index (χ2n) is 8.94. The van der Waals surface area contributed by atoms with Crippen LogP contribution in [0.25, 0.3) is 11.8 Å². The first-order valence-corrected chi connectivity index (χ1v) is 12.4. The summed E-state index contributed by atoms with van der Waals surface area (Å²) in [5.41, 5.74) is 6.26. The third kappa shape index (κ3) is 6.77. The molecule has 0 saturated heterocycles. The van der Waals surface area contributed by atoms with Crippen molar-refractivity contribution in [1.29, 1.82) is 5.26 Å². The second kappa shape index (κ2) is 12.4. The number of carbonyl (C=O) groups excluding carboxylic acids is 1. The van der Waals surface area contributed by atoms with E-state index in [2.05, 4.69) is 28.1 Å². The van der Waals surface area contributed by atoms with Gasteiger partial charge >= 0.3 is 0 Å². The summed E-state index contributed by atoms with van der Waals surface area (Å²) in [6, 6.07) is 32.2. The molecule has 4 aromatic rings. The third-order valence-corrected chi connectivity index (χ3v) is 6.25. The quantitative estimate of drug-likeness (QED) is 0.161. The number of nitrogens with one attached hydrogen (secondary N) is 1. The Balaban J connectivity index is 1.40. The molecule has 0 bridgehead atoms. The number of nitrogens with zero attached hydrogens (tertiary/aromatic N) is 2. The highest BCUT2D eigenvalue weighted by Gasteiger charge is 2.14. The molecule has 37 heavy (non-hydrogen) atoms. The molecule has 0 unspecified atom stereocenters. The largest absolute Gasteiger partial charge is 0.489 e. The minimum Gasteiger partial charge on any atom is -0.489 e. The second-order valence-corrected chi connectivity index (χ2v) is 8.94. The van der Waals surface area contributed by atoms with Crippen LogP contribution in [0.4, 0.5) is 0 Å². The predicted octanol–water partition coefficient (Wildman–Crippen LogP) is 6.33. The number of benzene rings is 3. The summed E-state index contributed by atoms with van der Waals surface area (Å²) >= 11 is 0. The zero-order chi connectivity index (χ0) is 26.0. The van der Waals surface area contributed by atoms with Gasteiger partial charge in [0.15, 0.2) is 0 Å². The molecular formula is C32H31N3O2. The maximum Gasteiger partial charge on any atom is 0.261 e. The number of carbonyl (C=O) groups is 1. The highest BCUT2D eigenvalue weighted by atomic mass is 16.5. The van der Waals surface area contributed by atoms with Crippen LogP contribution in [0, 0.1) is 25.2 Å². The van der Waals surface area contributed by atoms with E-state index in [1.165, 1.54) is 5.56 Å². The van der Waals surface area contributed by atoms with Crippen LogP contribution in [0.3, 0.4) is 0 Å². The van der Waals surface area contributed by atoms with Crippen molar-refractivity contribution in [2.45, 2.75) is 33.3 Å². The third-order valence-electron chi connectivity index (χ3n) is 6.25. The van der Waals surface area contributed by atoms with Gasteiger partial charge in [-0.15, -0.1) is 0 Å². The highest BCUT2D eigenvalue weighted by Crippen LogP contribution is 2.25. The highest BCUT2D eigenvalue weighted by molar-refractivity contribution is 6.01. The van der Waals surface area contributed by atoms with Crippen molar-refractivity contribution in [3.8, 4) is 17.5 Å². The molecule has 0 aliphatic carbocycles. The predicted molar refractivity (Wildman–Crippen MR) is 147 cm³/mol. The van der Waals surface area contributed by atoms with Gasteiger partial charge in [0.25, 0.3) is 5.91 Å². The van der Waals surface area contributed by atoms with Gasteiger partial charge in [0, 0.05) is 23.6 Å². The summed E-state index contributed by atoms with van der Waals surface area (Å²) in [4.78, 5) is 12.6. The van der Waals surface area contributed by atoms with Crippen LogP contribution in [0.1, 0.15) is 34.5 Å². The van der Waals surface area contributed by atoms with E-state index in [0.29, 0.717) is 13.2 Å². The monoisotopic (exact) mass is 489 g/mol. The van der Waals surface area contributed by atoms with Crippen LogP contribution in [-0.4, -0.2) is 17.0 Å². The van der Waals surface area contributed by atoms with E-state index in [0.717, 1.165) is 46.8 Å². The van der Waals surface area contributed by atoms with Gasteiger partial charge in [-0.25, -0.2) is 0 Å². The van der Waals surface area contributed by atoms with Crippen molar-refractivity contribution >= 4 is 12.0 Å². The molecule has 0 radical (unpaired) electrons. The molecule has 0 saturated carbocycles. The lowest BCUT2D eigenvalue weighted by Crippen LogP contribution is -2.25. The van der Waals surface area contributed by atoms with Crippen LogP contribution in [0.15, 0.2) is 96.6 Å². The van der Waals surface area contributed by atoms with Crippen LogP contribution >= 0.6 is 0 Å². The first-order valence-electron chi connectivity index (χ1n) is 12.4. The van der Waals surface area contributed by atoms with Crippen LogP contribution in [0.2, 0.25) is 0 Å². The van der Waals surface area contributed by atoms with Crippen LogP contribution in [0.5, 0.6) is 5.75 Å². The Kier molecular flexibility index (Phi) is 8.57. The fourth-order valence-corrected chi connectivity index (χ4v) is 4.30. The average Bonchev–Trinajstić information content (AvgIpc) is 3.22. The van der Waals surface area contributed by atoms with Crippen molar-refractivity contribution in [2.75, 3.05) is 6.54 Å². The Morgan fingerprint density at radius 2 is 1.59 bits per heavy atom. The SMILES string of the molecule is Cc1cc(/C=C(/C#N)C(=O)NCCCc2ccccc2)c(C)n1-c1ccc(OCc2ccccc2)cc1. The van der Waals surface area contributed by atoms with Crippen molar-refractivity contribution in [3.05, 3.63) is 125 Å². The zero-order valence-corrected chi connectivity index (χ0v) is 21.3. The number of hydrogen-bond donors (Lipinski definition) is 1. The molecule has 1 aromatic heterocycles. The molecule has 1 N–H and O–H groups in total. The van der Waals surface area contributed by atoms with Gasteiger partial charge in [0.1, 0.15) is 24.0 Å². The van der Waals surface area contributed by atoms with Crippen molar-refractivity contribution < 1.29 is 9.53 Å². The summed E-state index contributed by atoms with van der Waals surface area (Å²) in [5, 5.41) is 12.5. The molecule has 0 atom stereocenters. The molecule has 5 heteroatoms. The molecule has 0 aliphatic rings. The van der Waals surface area contributed by atoms with Crippen molar-refractivity contribution in [2.24, 2.45) is 0 Å². The van der Waals surface area contributed by atoms with Gasteiger partial charge < -0.3 is 14.6 Å². The topological polar surface area (TPSA) is 67.0 Å². The first-order chi connectivity index (χ1) is 18.0. The summed E-state index contributed by atoms with van der Waals surface area (Å²) in [7, 11) is 0. The molecule has 5 nitrogen and oxygen atoms in total. The number of rotatable bonds is 10. The van der Waals surface area contributed by atoms with E-state index in [9.17, 15) is 10.1 Å². The Morgan fingerprint density at radius 1 is 0.946 bits per heavy atom. The molecule has 186 valence electrons. The molecule has 4 rings (SSSR count). The summed E-state index contributed by atoms with van der Waals surface area (Å²) in [6.45, 7) is 5.04. The number of ether oxygens (including phenoxy) is 1. The standard InChI is InChI=1S/C32H31N3O2/c1-24-20-28(21-29(22-33)32(36)34-19-9-14-26-10-5-3-6-11-26)25(2)35(24)30-15-17-31(18-16-30)37-23-27-12-7-4-8-13-27/h3-8,10-13,15-18,20-21H,9,14,19,23H2,1-2H3,(H,34,36)/b29-21-. The van der Waals surface area contributed by atoms with E-state index < -0.39 is 0 Å². The van der Waals surface area contributed by atoms with E-state index >= 15 is 0 Å². The van der Waals surface area contributed by atoms with E-state index in [1.807, 2.05) is 92.7 Å². The van der Waals surface area contributed by atoms with Gasteiger partial charge in [-0.1, -0.05) is 60.7 Å². The number of aryl methyl sites for hydroxylation is 2. The Bertz CT molecular complexity index is 1400. The van der Waals surface area contributed by atoms with Crippen LogP contribution < -0.4 is 10.1 Å². The molecule has 0 fully saturated rings. The van der Waals surface area contributed by atoms with Crippen LogP contribution in [-0.2, 0) is 17.8 Å². The Hall–Kier alpha value is -4.56. The first kappa shape index (κ1) is 25.5. The number of aromatic nitrogens is 1. The lowest BCUT2D eigenvalue weighted by atomic mass is 10.1. The minimum atomic E-state index is -0.347. The summed E-state index contributed by atoms with van der Waals surface area (Å²) in [6.07, 6.45) is 3.36. The molecule has 1 amide bonds. The van der Waals surface area contributed by atoms with Crippen molar-refractivity contribution in [1.82, 2.24) is 9.88 Å². The maximum atomic E-state index is 12.6. The smallest absolute Gasteiger partial charge is 0.261 e. The summed E-state index contributed by atoms with van der Waals surface area (Å²) in [5.74, 6) is 0.450. The molecule has 1 heterocycles. The summed E-state index contributed by atoms with van der Waals surface area (Å²) < 4.78 is 8.02. The number of nitriles is 1. The molecule has 3 aromatic carbocycles. The Morgan fingerprint density at radius 3 is 2.24 bits per heavy atom. The molecule has 0 aliphatic heterocycles. The van der Waals surface area contributed by atoms with Gasteiger partial charge in [-0.2, -0.15) is 5.26 Å². The maximum absolute atomic E-state index is 12.6. The Labute approximate surface area is 218 Å². The minimum absolute atomic E-state index is 0.102.